The molecule has 0 heterocycles. The first kappa shape index (κ1) is 13.8. The molecule has 0 unspecified atom stereocenters. The van der Waals surface area contributed by atoms with Gasteiger partial charge in [0.15, 0.2) is 0 Å². The predicted molar refractivity (Wildman–Crippen MR) is 69.1 cm³/mol. The largest absolute Gasteiger partial charge is 0.494 e. The van der Waals surface area contributed by atoms with Crippen LogP contribution in [0.4, 0.5) is 4.79 Å². The third kappa shape index (κ3) is 4.32. The quantitative estimate of drug-likeness (QED) is 0.593. The maximum atomic E-state index is 10.5. The third-order valence-corrected chi connectivity index (χ3v) is 1.97. The molecular weight excluding hydrogens is 234 g/mol. The molecular formula is C12H17N3O3. The van der Waals surface area contributed by atoms with E-state index in [-0.39, 0.29) is 0 Å². The normalized spacial score (nSPS) is 10.3. The van der Waals surface area contributed by atoms with Crippen LogP contribution in [0.15, 0.2) is 23.3 Å². The second kappa shape index (κ2) is 7.16. The Morgan fingerprint density at radius 2 is 2.11 bits per heavy atom. The van der Waals surface area contributed by atoms with Gasteiger partial charge in [-0.05, 0) is 32.0 Å². The van der Waals surface area contributed by atoms with E-state index in [1.807, 2.05) is 19.9 Å². The van der Waals surface area contributed by atoms with Gasteiger partial charge in [0, 0.05) is 5.56 Å². The highest BCUT2D eigenvalue weighted by atomic mass is 16.5. The van der Waals surface area contributed by atoms with Crippen LogP contribution in [0.5, 0.6) is 11.5 Å². The summed E-state index contributed by atoms with van der Waals surface area (Å²) >= 11 is 0. The van der Waals surface area contributed by atoms with Gasteiger partial charge in [-0.2, -0.15) is 5.10 Å². The van der Waals surface area contributed by atoms with Crippen LogP contribution in [0.3, 0.4) is 0 Å². The van der Waals surface area contributed by atoms with Gasteiger partial charge < -0.3 is 15.2 Å². The topological polar surface area (TPSA) is 85.9 Å². The van der Waals surface area contributed by atoms with Crippen LogP contribution in [0.2, 0.25) is 0 Å². The van der Waals surface area contributed by atoms with Crippen LogP contribution in [-0.2, 0) is 0 Å². The number of hydrogen-bond acceptors (Lipinski definition) is 4. The van der Waals surface area contributed by atoms with E-state index in [4.69, 9.17) is 15.2 Å². The van der Waals surface area contributed by atoms with E-state index in [1.165, 1.54) is 6.21 Å². The molecule has 2 amide bonds. The number of carbonyl (C=O) groups excluding carboxylic acids is 1. The van der Waals surface area contributed by atoms with Crippen LogP contribution in [0, 0.1) is 0 Å². The average molecular weight is 251 g/mol. The molecule has 0 saturated carbocycles. The van der Waals surface area contributed by atoms with E-state index < -0.39 is 6.03 Å². The highest BCUT2D eigenvalue weighted by Crippen LogP contribution is 2.22. The van der Waals surface area contributed by atoms with Crippen LogP contribution in [0.1, 0.15) is 19.4 Å². The summed E-state index contributed by atoms with van der Waals surface area (Å²) in [6.07, 6.45) is 1.46. The van der Waals surface area contributed by atoms with Crippen molar-refractivity contribution in [2.24, 2.45) is 10.8 Å². The minimum Gasteiger partial charge on any atom is -0.494 e. The molecule has 1 aromatic carbocycles. The maximum Gasteiger partial charge on any atom is 0.332 e. The number of amides is 2. The molecule has 98 valence electrons. The number of primary amides is 1. The van der Waals surface area contributed by atoms with Crippen molar-refractivity contribution in [1.82, 2.24) is 5.43 Å². The number of rotatable bonds is 6. The Labute approximate surface area is 106 Å². The number of hydrazone groups is 1. The molecule has 0 aliphatic heterocycles. The fraction of sp³-hybridized carbons (Fsp3) is 0.333. The number of benzene rings is 1. The van der Waals surface area contributed by atoms with Crippen molar-refractivity contribution in [3.63, 3.8) is 0 Å². The molecule has 0 aliphatic rings. The molecule has 0 atom stereocenters. The van der Waals surface area contributed by atoms with E-state index >= 15 is 0 Å². The Bertz CT molecular complexity index is 433. The molecule has 18 heavy (non-hydrogen) atoms. The summed E-state index contributed by atoms with van der Waals surface area (Å²) in [7, 11) is 0. The second-order valence-electron chi connectivity index (χ2n) is 3.30. The Morgan fingerprint density at radius 3 is 2.72 bits per heavy atom. The number of nitrogens with one attached hydrogen (secondary N) is 1. The lowest BCUT2D eigenvalue weighted by molar-refractivity contribution is 0.249. The Balaban J connectivity index is 2.91. The summed E-state index contributed by atoms with van der Waals surface area (Å²) in [4.78, 5) is 10.5. The Kier molecular flexibility index (Phi) is 5.50. The van der Waals surface area contributed by atoms with Gasteiger partial charge in [-0.15, -0.1) is 0 Å². The van der Waals surface area contributed by atoms with Crippen molar-refractivity contribution in [2.75, 3.05) is 13.2 Å². The fourth-order valence-electron chi connectivity index (χ4n) is 1.34. The summed E-state index contributed by atoms with van der Waals surface area (Å²) < 4.78 is 10.8. The first-order chi connectivity index (χ1) is 8.67. The lowest BCUT2D eigenvalue weighted by atomic mass is 10.2. The highest BCUT2D eigenvalue weighted by molar-refractivity contribution is 5.85. The molecule has 1 rings (SSSR count). The van der Waals surface area contributed by atoms with Crippen molar-refractivity contribution in [2.45, 2.75) is 13.8 Å². The van der Waals surface area contributed by atoms with E-state index in [2.05, 4.69) is 10.5 Å². The lowest BCUT2D eigenvalue weighted by Gasteiger charge is -2.09. The smallest absolute Gasteiger partial charge is 0.332 e. The number of ether oxygens (including phenoxy) is 2. The average Bonchev–Trinajstić information content (AvgIpc) is 2.32. The van der Waals surface area contributed by atoms with Crippen molar-refractivity contribution in [3.8, 4) is 11.5 Å². The number of nitrogens with zero attached hydrogens (tertiary/aromatic N) is 1. The van der Waals surface area contributed by atoms with E-state index in [0.717, 1.165) is 0 Å². The van der Waals surface area contributed by atoms with Crippen LogP contribution < -0.4 is 20.6 Å². The zero-order chi connectivity index (χ0) is 13.4. The van der Waals surface area contributed by atoms with Gasteiger partial charge in [0.25, 0.3) is 0 Å². The SMILES string of the molecule is CCOc1ccc(OCC)c(C=NNC(N)=O)c1. The van der Waals surface area contributed by atoms with Gasteiger partial charge in [0.1, 0.15) is 11.5 Å². The molecule has 0 saturated heterocycles. The van der Waals surface area contributed by atoms with Crippen LogP contribution >= 0.6 is 0 Å². The number of urea groups is 1. The van der Waals surface area contributed by atoms with Crippen LogP contribution in [-0.4, -0.2) is 25.5 Å². The summed E-state index contributed by atoms with van der Waals surface area (Å²) in [5.41, 5.74) is 7.74. The predicted octanol–water partition coefficient (Wildman–Crippen LogP) is 1.49. The highest BCUT2D eigenvalue weighted by Gasteiger charge is 2.03. The number of nitrogens with two attached hydrogens (primary N) is 1. The van der Waals surface area contributed by atoms with E-state index in [9.17, 15) is 4.79 Å². The molecule has 0 radical (unpaired) electrons. The van der Waals surface area contributed by atoms with Gasteiger partial charge in [0.05, 0.1) is 19.4 Å². The van der Waals surface area contributed by atoms with Gasteiger partial charge in [-0.3, -0.25) is 0 Å². The van der Waals surface area contributed by atoms with Gasteiger partial charge in [0.2, 0.25) is 0 Å². The third-order valence-electron chi connectivity index (χ3n) is 1.97. The van der Waals surface area contributed by atoms with Crippen molar-refractivity contribution >= 4 is 12.2 Å². The molecule has 6 nitrogen and oxygen atoms in total. The van der Waals surface area contributed by atoms with Gasteiger partial charge in [-0.25, -0.2) is 10.2 Å². The second-order valence-corrected chi connectivity index (χ2v) is 3.30. The number of carbonyl (C=O) groups is 1. The van der Waals surface area contributed by atoms with Crippen LogP contribution in [0.25, 0.3) is 0 Å². The molecule has 0 spiro atoms. The zero-order valence-electron chi connectivity index (χ0n) is 10.5. The minimum atomic E-state index is -0.717. The summed E-state index contributed by atoms with van der Waals surface area (Å²) in [5.74, 6) is 1.37. The number of hydrogen-bond donors (Lipinski definition) is 2. The van der Waals surface area contributed by atoms with Gasteiger partial charge in [-0.1, -0.05) is 0 Å². The first-order valence-corrected chi connectivity index (χ1v) is 5.65. The minimum absolute atomic E-state index is 0.540. The standard InChI is InChI=1S/C12H17N3O3/c1-3-17-10-5-6-11(18-4-2)9(7-10)8-14-15-12(13)16/h5-8H,3-4H2,1-2H3,(H3,13,15,16). The molecule has 0 fully saturated rings. The summed E-state index contributed by atoms with van der Waals surface area (Å²) in [5, 5.41) is 3.70. The first-order valence-electron chi connectivity index (χ1n) is 5.65. The van der Waals surface area contributed by atoms with Crippen molar-refractivity contribution < 1.29 is 14.3 Å². The molecule has 6 heteroatoms. The monoisotopic (exact) mass is 251 g/mol. The maximum absolute atomic E-state index is 10.5. The summed E-state index contributed by atoms with van der Waals surface area (Å²) in [6, 6.07) is 4.67. The van der Waals surface area contributed by atoms with Crippen molar-refractivity contribution in [3.05, 3.63) is 23.8 Å². The fourth-order valence-corrected chi connectivity index (χ4v) is 1.34. The summed E-state index contributed by atoms with van der Waals surface area (Å²) in [6.45, 7) is 4.90. The molecule has 3 N–H and O–H groups in total. The van der Waals surface area contributed by atoms with E-state index in [0.29, 0.717) is 30.3 Å². The molecule has 0 bridgehead atoms. The molecule has 0 aromatic heterocycles. The van der Waals surface area contributed by atoms with E-state index in [1.54, 1.807) is 12.1 Å². The van der Waals surface area contributed by atoms with Gasteiger partial charge >= 0.3 is 6.03 Å². The molecule has 1 aromatic rings. The Hall–Kier alpha value is -2.24. The molecule has 0 aliphatic carbocycles. The lowest BCUT2D eigenvalue weighted by Crippen LogP contribution is -2.24. The zero-order valence-corrected chi connectivity index (χ0v) is 10.5. The van der Waals surface area contributed by atoms with Crippen molar-refractivity contribution in [1.29, 1.82) is 0 Å². The Morgan fingerprint density at radius 1 is 1.39 bits per heavy atom.